The number of urea groups is 1. The van der Waals surface area contributed by atoms with Gasteiger partial charge in [-0.3, -0.25) is 0 Å². The molecule has 1 aromatic carbocycles. The molecular formula is C12H19N3O. The lowest BCUT2D eigenvalue weighted by atomic mass is 10.3. The van der Waals surface area contributed by atoms with Crippen molar-refractivity contribution in [1.29, 1.82) is 0 Å². The molecule has 0 aliphatic heterocycles. The van der Waals surface area contributed by atoms with E-state index < -0.39 is 0 Å². The van der Waals surface area contributed by atoms with Gasteiger partial charge in [0, 0.05) is 25.3 Å². The Morgan fingerprint density at radius 3 is 2.56 bits per heavy atom. The molecule has 0 unspecified atom stereocenters. The average molecular weight is 221 g/mol. The minimum absolute atomic E-state index is 0.0847. The number of hydrogen-bond acceptors (Lipinski definition) is 2. The zero-order chi connectivity index (χ0) is 11.8. The van der Waals surface area contributed by atoms with Gasteiger partial charge < -0.3 is 16.0 Å². The highest BCUT2D eigenvalue weighted by Gasteiger charge is 2.10. The third-order valence-corrected chi connectivity index (χ3v) is 2.20. The molecule has 1 aromatic rings. The van der Waals surface area contributed by atoms with E-state index in [1.807, 2.05) is 37.3 Å². The van der Waals surface area contributed by atoms with Crippen LogP contribution in [-0.4, -0.2) is 30.6 Å². The second kappa shape index (κ2) is 6.85. The fourth-order valence-corrected chi connectivity index (χ4v) is 1.46. The number of rotatable bonds is 5. The second-order valence-corrected chi connectivity index (χ2v) is 3.57. The van der Waals surface area contributed by atoms with Crippen LogP contribution in [0.3, 0.4) is 0 Å². The molecule has 0 heterocycles. The molecule has 0 aliphatic rings. The monoisotopic (exact) mass is 221 g/mol. The van der Waals surface area contributed by atoms with Crippen molar-refractivity contribution < 1.29 is 4.79 Å². The molecule has 2 amide bonds. The maximum Gasteiger partial charge on any atom is 0.321 e. The average Bonchev–Trinajstić information content (AvgIpc) is 2.30. The van der Waals surface area contributed by atoms with Crippen molar-refractivity contribution >= 4 is 11.7 Å². The van der Waals surface area contributed by atoms with E-state index in [4.69, 9.17) is 5.73 Å². The summed E-state index contributed by atoms with van der Waals surface area (Å²) in [6, 6.07) is 9.35. The number of nitrogens with two attached hydrogens (primary N) is 1. The summed E-state index contributed by atoms with van der Waals surface area (Å²) in [4.78, 5) is 13.6. The summed E-state index contributed by atoms with van der Waals surface area (Å²) in [6.45, 7) is 3.85. The van der Waals surface area contributed by atoms with Crippen molar-refractivity contribution in [2.24, 2.45) is 5.73 Å². The van der Waals surface area contributed by atoms with Gasteiger partial charge in [-0.05, 0) is 18.6 Å². The molecule has 4 nitrogen and oxygen atoms in total. The quantitative estimate of drug-likeness (QED) is 0.797. The summed E-state index contributed by atoms with van der Waals surface area (Å²) < 4.78 is 0. The first-order valence-electron chi connectivity index (χ1n) is 5.59. The van der Waals surface area contributed by atoms with Gasteiger partial charge in [0.15, 0.2) is 0 Å². The third-order valence-electron chi connectivity index (χ3n) is 2.20. The van der Waals surface area contributed by atoms with Gasteiger partial charge in [-0.1, -0.05) is 25.1 Å². The lowest BCUT2D eigenvalue weighted by molar-refractivity contribution is 0.213. The van der Waals surface area contributed by atoms with Crippen molar-refractivity contribution in [3.05, 3.63) is 30.3 Å². The second-order valence-electron chi connectivity index (χ2n) is 3.57. The molecule has 1 rings (SSSR count). The number of anilines is 1. The molecule has 0 saturated heterocycles. The van der Waals surface area contributed by atoms with Gasteiger partial charge in [0.05, 0.1) is 0 Å². The number of amides is 2. The van der Waals surface area contributed by atoms with Crippen LogP contribution in [0.5, 0.6) is 0 Å². The number of benzene rings is 1. The van der Waals surface area contributed by atoms with Crippen LogP contribution in [0.2, 0.25) is 0 Å². The number of para-hydroxylation sites is 1. The Hall–Kier alpha value is -1.55. The Balaban J connectivity index is 2.55. The molecule has 0 atom stereocenters. The molecule has 3 N–H and O–H groups in total. The van der Waals surface area contributed by atoms with E-state index in [1.54, 1.807) is 4.90 Å². The topological polar surface area (TPSA) is 58.4 Å². The number of carbonyl (C=O) groups is 1. The molecule has 0 aliphatic carbocycles. The van der Waals surface area contributed by atoms with Crippen molar-refractivity contribution in [3.8, 4) is 0 Å². The third kappa shape index (κ3) is 3.90. The van der Waals surface area contributed by atoms with Gasteiger partial charge in [0.25, 0.3) is 0 Å². The van der Waals surface area contributed by atoms with E-state index in [0.29, 0.717) is 13.1 Å². The van der Waals surface area contributed by atoms with Crippen molar-refractivity contribution in [2.45, 2.75) is 13.3 Å². The minimum atomic E-state index is -0.0847. The Labute approximate surface area is 96.4 Å². The van der Waals surface area contributed by atoms with Gasteiger partial charge in [-0.25, -0.2) is 4.79 Å². The highest BCUT2D eigenvalue weighted by molar-refractivity contribution is 5.89. The molecular weight excluding hydrogens is 202 g/mol. The molecule has 16 heavy (non-hydrogen) atoms. The first-order chi connectivity index (χ1) is 7.77. The maximum absolute atomic E-state index is 11.9. The number of nitrogens with one attached hydrogen (secondary N) is 1. The molecule has 0 spiro atoms. The van der Waals surface area contributed by atoms with Crippen molar-refractivity contribution in [1.82, 2.24) is 4.90 Å². The summed E-state index contributed by atoms with van der Waals surface area (Å²) in [6.07, 6.45) is 0.933. The minimum Gasteiger partial charge on any atom is -0.329 e. The lowest BCUT2D eigenvalue weighted by Crippen LogP contribution is -2.38. The Kier molecular flexibility index (Phi) is 5.36. The molecule has 0 aromatic heterocycles. The fraction of sp³-hybridized carbons (Fsp3) is 0.417. The standard InChI is InChI=1S/C12H19N3O/c1-2-9-15(10-8-13)12(16)14-11-6-4-3-5-7-11/h3-7H,2,8-10,13H2,1H3,(H,14,16). The highest BCUT2D eigenvalue weighted by Crippen LogP contribution is 2.06. The summed E-state index contributed by atoms with van der Waals surface area (Å²) in [7, 11) is 0. The summed E-state index contributed by atoms with van der Waals surface area (Å²) in [5, 5.41) is 2.84. The van der Waals surface area contributed by atoms with E-state index in [9.17, 15) is 4.79 Å². The van der Waals surface area contributed by atoms with Crippen LogP contribution < -0.4 is 11.1 Å². The first kappa shape index (κ1) is 12.5. The number of hydrogen-bond donors (Lipinski definition) is 2. The van der Waals surface area contributed by atoms with E-state index in [2.05, 4.69) is 5.32 Å². The van der Waals surface area contributed by atoms with Crippen molar-refractivity contribution in [2.75, 3.05) is 25.0 Å². The van der Waals surface area contributed by atoms with E-state index in [1.165, 1.54) is 0 Å². The molecule has 4 heteroatoms. The maximum atomic E-state index is 11.9. The van der Waals surface area contributed by atoms with Crippen LogP contribution in [0, 0.1) is 0 Å². The molecule has 0 bridgehead atoms. The summed E-state index contributed by atoms with van der Waals surface area (Å²) in [5.41, 5.74) is 6.28. The summed E-state index contributed by atoms with van der Waals surface area (Å²) in [5.74, 6) is 0. The van der Waals surface area contributed by atoms with Gasteiger partial charge in [0.2, 0.25) is 0 Å². The fourth-order valence-electron chi connectivity index (χ4n) is 1.46. The van der Waals surface area contributed by atoms with Gasteiger partial charge >= 0.3 is 6.03 Å². The number of nitrogens with zero attached hydrogens (tertiary/aromatic N) is 1. The van der Waals surface area contributed by atoms with Crippen LogP contribution >= 0.6 is 0 Å². The Morgan fingerprint density at radius 2 is 2.00 bits per heavy atom. The zero-order valence-corrected chi connectivity index (χ0v) is 9.65. The lowest BCUT2D eigenvalue weighted by Gasteiger charge is -2.21. The predicted octanol–water partition coefficient (Wildman–Crippen LogP) is 1.89. The van der Waals surface area contributed by atoms with Crippen LogP contribution in [0.25, 0.3) is 0 Å². The summed E-state index contributed by atoms with van der Waals surface area (Å²) >= 11 is 0. The zero-order valence-electron chi connectivity index (χ0n) is 9.65. The Morgan fingerprint density at radius 1 is 1.31 bits per heavy atom. The van der Waals surface area contributed by atoms with E-state index in [-0.39, 0.29) is 6.03 Å². The number of carbonyl (C=O) groups excluding carboxylic acids is 1. The molecule has 0 fully saturated rings. The molecule has 0 radical (unpaired) electrons. The highest BCUT2D eigenvalue weighted by atomic mass is 16.2. The smallest absolute Gasteiger partial charge is 0.321 e. The van der Waals surface area contributed by atoms with Crippen LogP contribution in [0.4, 0.5) is 10.5 Å². The SMILES string of the molecule is CCCN(CCN)C(=O)Nc1ccccc1. The van der Waals surface area contributed by atoms with Crippen LogP contribution in [-0.2, 0) is 0 Å². The van der Waals surface area contributed by atoms with Gasteiger partial charge in [-0.2, -0.15) is 0 Å². The molecule has 88 valence electrons. The molecule has 0 saturated carbocycles. The first-order valence-corrected chi connectivity index (χ1v) is 5.59. The largest absolute Gasteiger partial charge is 0.329 e. The van der Waals surface area contributed by atoms with E-state index in [0.717, 1.165) is 18.7 Å². The Bertz CT molecular complexity index is 307. The normalized spacial score (nSPS) is 9.88. The van der Waals surface area contributed by atoms with Crippen LogP contribution in [0.15, 0.2) is 30.3 Å². The van der Waals surface area contributed by atoms with Gasteiger partial charge in [0.1, 0.15) is 0 Å². The van der Waals surface area contributed by atoms with Crippen LogP contribution in [0.1, 0.15) is 13.3 Å². The predicted molar refractivity (Wildman–Crippen MR) is 66.4 cm³/mol. The van der Waals surface area contributed by atoms with E-state index >= 15 is 0 Å². The van der Waals surface area contributed by atoms with Gasteiger partial charge in [-0.15, -0.1) is 0 Å². The van der Waals surface area contributed by atoms with Crippen molar-refractivity contribution in [3.63, 3.8) is 0 Å².